The summed E-state index contributed by atoms with van der Waals surface area (Å²) < 4.78 is 1.30. The van der Waals surface area contributed by atoms with Crippen molar-refractivity contribution < 1.29 is 0 Å². The van der Waals surface area contributed by atoms with Crippen LogP contribution in [-0.2, 0) is 0 Å². The van der Waals surface area contributed by atoms with Crippen LogP contribution in [-0.4, -0.2) is 0 Å². The van der Waals surface area contributed by atoms with Crippen LogP contribution in [0.4, 0.5) is 5.69 Å². The van der Waals surface area contributed by atoms with Gasteiger partial charge < -0.3 is 5.43 Å². The lowest BCUT2D eigenvalue weighted by atomic mass is 10.2. The average Bonchev–Trinajstić information content (AvgIpc) is 2.50. The number of nitrogen functional groups attached to an aromatic ring is 1. The Bertz CT molecular complexity index is 367. The van der Waals surface area contributed by atoms with Gasteiger partial charge in [0.2, 0.25) is 0 Å². The highest BCUT2D eigenvalue weighted by Crippen LogP contribution is 2.23. The van der Waals surface area contributed by atoms with Gasteiger partial charge in [0.1, 0.15) is 0 Å². The van der Waals surface area contributed by atoms with E-state index < -0.39 is 0 Å². The Labute approximate surface area is 68.6 Å². The number of hydrazine groups is 1. The van der Waals surface area contributed by atoms with Crippen molar-refractivity contribution in [1.82, 2.24) is 0 Å². The second-order valence-corrected chi connectivity index (χ2v) is 3.27. The van der Waals surface area contributed by atoms with Crippen molar-refractivity contribution in [2.45, 2.75) is 0 Å². The first-order valence-electron chi connectivity index (χ1n) is 3.34. The molecular weight excluding hydrogens is 156 g/mol. The molecule has 2 nitrogen and oxygen atoms in total. The quantitative estimate of drug-likeness (QED) is 0.501. The average molecular weight is 164 g/mol. The van der Waals surface area contributed by atoms with Crippen LogP contribution in [0.3, 0.4) is 0 Å². The molecule has 0 spiro atoms. The number of nitrogens with one attached hydrogen (secondary N) is 1. The van der Waals surface area contributed by atoms with Crippen molar-refractivity contribution in [1.29, 1.82) is 0 Å². The Kier molecular flexibility index (Phi) is 1.52. The molecule has 2 aromatic rings. The van der Waals surface area contributed by atoms with Gasteiger partial charge in [-0.05, 0) is 35.0 Å². The van der Waals surface area contributed by atoms with Gasteiger partial charge in [0.25, 0.3) is 0 Å². The molecular formula is C8H8N2S. The molecule has 0 unspecified atom stereocenters. The maximum atomic E-state index is 5.26. The number of hydrogen-bond acceptors (Lipinski definition) is 3. The zero-order valence-corrected chi connectivity index (χ0v) is 6.69. The minimum atomic E-state index is 0.955. The normalized spacial score (nSPS) is 10.3. The molecule has 0 saturated carbocycles. The van der Waals surface area contributed by atoms with Crippen LogP contribution in [0.15, 0.2) is 29.6 Å². The van der Waals surface area contributed by atoms with E-state index in [1.165, 1.54) is 10.1 Å². The van der Waals surface area contributed by atoms with Crippen LogP contribution in [0.2, 0.25) is 0 Å². The zero-order valence-electron chi connectivity index (χ0n) is 5.87. The summed E-state index contributed by atoms with van der Waals surface area (Å²) in [6, 6.07) is 8.15. The molecule has 1 aromatic heterocycles. The number of fused-ring (bicyclic) bond motifs is 1. The van der Waals surface area contributed by atoms with Crippen LogP contribution < -0.4 is 11.3 Å². The Morgan fingerprint density at radius 2 is 2.18 bits per heavy atom. The highest BCUT2D eigenvalue weighted by molar-refractivity contribution is 7.17. The maximum Gasteiger partial charge on any atom is 0.0492 e. The topological polar surface area (TPSA) is 38.0 Å². The number of nitrogens with two attached hydrogens (primary N) is 1. The molecule has 0 atom stereocenters. The summed E-state index contributed by atoms with van der Waals surface area (Å²) in [6.07, 6.45) is 0. The lowest BCUT2D eigenvalue weighted by molar-refractivity contribution is 1.36. The third-order valence-corrected chi connectivity index (χ3v) is 2.52. The summed E-state index contributed by atoms with van der Waals surface area (Å²) >= 11 is 1.74. The number of anilines is 1. The van der Waals surface area contributed by atoms with E-state index in [2.05, 4.69) is 22.9 Å². The summed E-state index contributed by atoms with van der Waals surface area (Å²) in [4.78, 5) is 0. The first kappa shape index (κ1) is 6.64. The van der Waals surface area contributed by atoms with E-state index in [-0.39, 0.29) is 0 Å². The number of hydrogen-bond donors (Lipinski definition) is 2. The molecule has 0 aliphatic heterocycles. The van der Waals surface area contributed by atoms with Gasteiger partial charge in [-0.1, -0.05) is 0 Å². The molecule has 0 saturated heterocycles. The second kappa shape index (κ2) is 2.53. The molecule has 2 rings (SSSR count). The fraction of sp³-hybridized carbons (Fsp3) is 0. The van der Waals surface area contributed by atoms with Gasteiger partial charge in [0.15, 0.2) is 0 Å². The highest BCUT2D eigenvalue weighted by Gasteiger charge is 1.94. The van der Waals surface area contributed by atoms with Gasteiger partial charge in [-0.15, -0.1) is 11.3 Å². The van der Waals surface area contributed by atoms with Crippen LogP contribution in [0, 0.1) is 0 Å². The third-order valence-electron chi connectivity index (χ3n) is 1.62. The van der Waals surface area contributed by atoms with Gasteiger partial charge in [-0.2, -0.15) is 0 Å². The van der Waals surface area contributed by atoms with E-state index in [1.807, 2.05) is 12.1 Å². The van der Waals surface area contributed by atoms with Crippen molar-refractivity contribution in [2.75, 3.05) is 5.43 Å². The van der Waals surface area contributed by atoms with Gasteiger partial charge in [-0.25, -0.2) is 0 Å². The molecule has 0 amide bonds. The number of benzene rings is 1. The number of rotatable bonds is 1. The fourth-order valence-corrected chi connectivity index (χ4v) is 1.83. The monoisotopic (exact) mass is 164 g/mol. The summed E-state index contributed by atoms with van der Waals surface area (Å²) in [7, 11) is 0. The van der Waals surface area contributed by atoms with E-state index >= 15 is 0 Å². The predicted octanol–water partition coefficient (Wildman–Crippen LogP) is 2.19. The summed E-state index contributed by atoms with van der Waals surface area (Å²) in [5, 5.41) is 3.32. The zero-order chi connectivity index (χ0) is 7.68. The Morgan fingerprint density at radius 3 is 3.00 bits per heavy atom. The highest BCUT2D eigenvalue weighted by atomic mass is 32.1. The molecule has 0 radical (unpaired) electrons. The molecule has 1 aromatic carbocycles. The summed E-state index contributed by atoms with van der Waals surface area (Å²) in [6.45, 7) is 0. The third kappa shape index (κ3) is 1.08. The molecule has 0 aliphatic rings. The van der Waals surface area contributed by atoms with Crippen LogP contribution in [0.1, 0.15) is 0 Å². The minimum absolute atomic E-state index is 0.955. The molecule has 11 heavy (non-hydrogen) atoms. The van der Waals surface area contributed by atoms with E-state index in [1.54, 1.807) is 11.3 Å². The standard InChI is InChI=1S/C8H8N2S/c9-10-7-1-2-8-6(5-7)3-4-11-8/h1-5,10H,9H2. The van der Waals surface area contributed by atoms with Crippen molar-refractivity contribution >= 4 is 27.1 Å². The molecule has 0 bridgehead atoms. The minimum Gasteiger partial charge on any atom is -0.324 e. The molecule has 1 heterocycles. The van der Waals surface area contributed by atoms with E-state index in [0.717, 1.165) is 5.69 Å². The largest absolute Gasteiger partial charge is 0.324 e. The molecule has 0 aliphatic carbocycles. The van der Waals surface area contributed by atoms with Crippen molar-refractivity contribution in [3.63, 3.8) is 0 Å². The summed E-state index contributed by atoms with van der Waals surface area (Å²) in [5.41, 5.74) is 3.57. The first-order chi connectivity index (χ1) is 5.40. The Balaban J connectivity index is 2.67. The molecule has 3 N–H and O–H groups in total. The van der Waals surface area contributed by atoms with Crippen LogP contribution in [0.25, 0.3) is 10.1 Å². The predicted molar refractivity (Wildman–Crippen MR) is 49.6 cm³/mol. The van der Waals surface area contributed by atoms with Crippen molar-refractivity contribution in [3.8, 4) is 0 Å². The lowest BCUT2D eigenvalue weighted by Gasteiger charge is -1.97. The van der Waals surface area contributed by atoms with E-state index in [0.29, 0.717) is 0 Å². The van der Waals surface area contributed by atoms with Crippen LogP contribution in [0.5, 0.6) is 0 Å². The van der Waals surface area contributed by atoms with Gasteiger partial charge in [-0.3, -0.25) is 5.84 Å². The van der Waals surface area contributed by atoms with Gasteiger partial charge in [0.05, 0.1) is 0 Å². The lowest BCUT2D eigenvalue weighted by Crippen LogP contribution is -2.05. The SMILES string of the molecule is NNc1ccc2sccc2c1. The second-order valence-electron chi connectivity index (χ2n) is 2.32. The molecule has 56 valence electrons. The van der Waals surface area contributed by atoms with Crippen molar-refractivity contribution in [3.05, 3.63) is 29.6 Å². The Morgan fingerprint density at radius 1 is 1.27 bits per heavy atom. The number of thiophene rings is 1. The smallest absolute Gasteiger partial charge is 0.0492 e. The molecule has 0 fully saturated rings. The van der Waals surface area contributed by atoms with Gasteiger partial charge in [0, 0.05) is 10.4 Å². The summed E-state index contributed by atoms with van der Waals surface area (Å²) in [5.74, 6) is 5.26. The molecule has 3 heteroatoms. The maximum absolute atomic E-state index is 5.26. The van der Waals surface area contributed by atoms with E-state index in [4.69, 9.17) is 5.84 Å². The van der Waals surface area contributed by atoms with Gasteiger partial charge >= 0.3 is 0 Å². The van der Waals surface area contributed by atoms with Crippen molar-refractivity contribution in [2.24, 2.45) is 5.84 Å². The van der Waals surface area contributed by atoms with E-state index in [9.17, 15) is 0 Å². The first-order valence-corrected chi connectivity index (χ1v) is 4.22. The van der Waals surface area contributed by atoms with Crippen LogP contribution >= 0.6 is 11.3 Å². The Hall–Kier alpha value is -1.06. The fourth-order valence-electron chi connectivity index (χ4n) is 1.06.